The zero-order valence-electron chi connectivity index (χ0n) is 66.9. The van der Waals surface area contributed by atoms with E-state index in [1.807, 2.05) is 22.7 Å². The second-order valence-corrected chi connectivity index (χ2v) is 34.4. The summed E-state index contributed by atoms with van der Waals surface area (Å²) in [6, 6.07) is 164. The van der Waals surface area contributed by atoms with Crippen molar-refractivity contribution in [3.63, 3.8) is 0 Å². The van der Waals surface area contributed by atoms with Gasteiger partial charge >= 0.3 is 0 Å². The number of furan rings is 1. The molecule has 0 saturated heterocycles. The van der Waals surface area contributed by atoms with Gasteiger partial charge in [0.15, 0.2) is 0 Å². The van der Waals surface area contributed by atoms with Crippen LogP contribution in [0.25, 0.3) is 248 Å². The van der Waals surface area contributed by atoms with E-state index in [1.54, 1.807) is 0 Å². The fourth-order valence-electron chi connectivity index (χ4n) is 19.7. The van der Waals surface area contributed by atoms with Gasteiger partial charge in [0.1, 0.15) is 11.2 Å². The van der Waals surface area contributed by atoms with E-state index in [1.165, 1.54) is 215 Å². The van der Waals surface area contributed by atoms with Gasteiger partial charge in [0.25, 0.3) is 0 Å². The van der Waals surface area contributed by atoms with Gasteiger partial charge in [-0.05, 0) is 259 Å². The standard InChI is InChI=1S/C42H26O.C42H26S.C36H22S/c1-2-12-28(13-3-1)40-34-17-6-8-19-36(34)41(37-20-9-7-18-35(37)40)31-15-10-14-29(25-31)30-22-23-33-38-24-21-27-11-4-5-16-32(27)42(38)43-39(33)26-30;1-2-11-27(12-3-1)41-33-17-6-8-19-35(33)42(36-20-9-7-18-34(36)41)32-16-10-15-28(23-32)31-21-22-39-37(25-31)38-24-29-13-4-5-14-30(29)26-40(38)43-39;1-2-10-23(11-3-1)35-27-14-6-8-16-29(27)36(30-17-9-7-15-28(30)35)26-18-19-33-31(21-26)32-20-24-12-4-5-13-25(24)22-34(32)37-33/h2*1-26H;1-22H. The molecule has 1 nitrogen and oxygen atoms in total. The Balaban J connectivity index is 0.000000104. The lowest BCUT2D eigenvalue weighted by Crippen LogP contribution is -1.91. The Bertz CT molecular complexity index is 8570. The van der Waals surface area contributed by atoms with E-state index in [0.29, 0.717) is 0 Å². The summed E-state index contributed by atoms with van der Waals surface area (Å²) in [5.41, 5.74) is 21.9. The van der Waals surface area contributed by atoms with Gasteiger partial charge in [-0.3, -0.25) is 0 Å². The monoisotopic (exact) mass is 1590 g/mol. The van der Waals surface area contributed by atoms with Gasteiger partial charge in [0.2, 0.25) is 0 Å². The quantitative estimate of drug-likeness (QED) is 0.138. The molecule has 0 fully saturated rings. The molecular formula is C120H74OS2. The molecular weight excluding hydrogens is 1520 g/mol. The number of fused-ring (bicyclic) bond motifs is 19. The lowest BCUT2D eigenvalue weighted by atomic mass is 9.85. The minimum Gasteiger partial charge on any atom is -0.455 e. The predicted octanol–water partition coefficient (Wildman–Crippen LogP) is 35.4. The molecule has 0 unspecified atom stereocenters. The summed E-state index contributed by atoms with van der Waals surface area (Å²) in [6.45, 7) is 0. The first kappa shape index (κ1) is 71.7. The smallest absolute Gasteiger partial charge is 0.143 e. The maximum Gasteiger partial charge on any atom is 0.143 e. The molecule has 0 spiro atoms. The first-order valence-electron chi connectivity index (χ1n) is 42.2. The number of hydrogen-bond donors (Lipinski definition) is 0. The molecule has 26 aromatic rings. The maximum atomic E-state index is 6.51. The van der Waals surface area contributed by atoms with Crippen molar-refractivity contribution in [2.45, 2.75) is 0 Å². The molecule has 572 valence electrons. The summed E-state index contributed by atoms with van der Waals surface area (Å²) in [4.78, 5) is 0. The van der Waals surface area contributed by atoms with Gasteiger partial charge in [0.05, 0.1) is 0 Å². The molecule has 0 radical (unpaired) electrons. The highest BCUT2D eigenvalue weighted by Gasteiger charge is 2.23. The second kappa shape index (κ2) is 29.9. The van der Waals surface area contributed by atoms with Crippen LogP contribution in [0, 0.1) is 0 Å². The highest BCUT2D eigenvalue weighted by atomic mass is 32.1. The Morgan fingerprint density at radius 2 is 0.390 bits per heavy atom. The largest absolute Gasteiger partial charge is 0.455 e. The highest BCUT2D eigenvalue weighted by molar-refractivity contribution is 7.26. The molecule has 0 aliphatic carbocycles. The summed E-state index contributed by atoms with van der Waals surface area (Å²) in [7, 11) is 0. The Kier molecular flexibility index (Phi) is 17.4. The molecule has 26 rings (SSSR count). The van der Waals surface area contributed by atoms with Crippen LogP contribution in [-0.4, -0.2) is 0 Å². The van der Waals surface area contributed by atoms with Crippen LogP contribution in [0.4, 0.5) is 0 Å². The van der Waals surface area contributed by atoms with Crippen molar-refractivity contribution in [2.75, 3.05) is 0 Å². The van der Waals surface area contributed by atoms with E-state index < -0.39 is 0 Å². The van der Waals surface area contributed by atoms with Crippen molar-refractivity contribution in [1.29, 1.82) is 0 Å². The van der Waals surface area contributed by atoms with Crippen molar-refractivity contribution in [3.8, 4) is 89.0 Å². The molecule has 3 aromatic heterocycles. The number of thiophene rings is 2. The van der Waals surface area contributed by atoms with Crippen molar-refractivity contribution < 1.29 is 4.42 Å². The average molecular weight is 1600 g/mol. The van der Waals surface area contributed by atoms with Crippen molar-refractivity contribution in [3.05, 3.63) is 449 Å². The lowest BCUT2D eigenvalue weighted by Gasteiger charge is -2.18. The zero-order valence-corrected chi connectivity index (χ0v) is 68.6. The van der Waals surface area contributed by atoms with Crippen LogP contribution in [0.1, 0.15) is 0 Å². The van der Waals surface area contributed by atoms with E-state index >= 15 is 0 Å². The molecule has 123 heavy (non-hydrogen) atoms. The molecule has 0 atom stereocenters. The molecule has 0 amide bonds. The van der Waals surface area contributed by atoms with Crippen molar-refractivity contribution >= 4 is 182 Å². The first-order chi connectivity index (χ1) is 61.0. The van der Waals surface area contributed by atoms with Crippen molar-refractivity contribution in [1.82, 2.24) is 0 Å². The maximum absolute atomic E-state index is 6.51. The second-order valence-electron chi connectivity index (χ2n) is 32.3. The van der Waals surface area contributed by atoms with Crippen LogP contribution in [0.3, 0.4) is 0 Å². The SMILES string of the molecule is c1ccc(-c2c3ccccc3c(-c3ccc4sc5cc6ccccc6cc5c4c3)c3ccccc23)cc1.c1ccc(-c2c3ccccc3c(-c3cccc(-c4ccc5c(c4)oc4c6ccccc6ccc54)c3)c3ccccc23)cc1.c1ccc(-c2c3ccccc3c(-c3cccc(-c4ccc5sc6cc7ccccc7cc6c5c4)c3)c3ccccc23)cc1. The van der Waals surface area contributed by atoms with Gasteiger partial charge in [-0.1, -0.05) is 370 Å². The molecule has 0 aliphatic rings. The van der Waals surface area contributed by atoms with Crippen LogP contribution in [0.15, 0.2) is 453 Å². The number of benzene rings is 23. The van der Waals surface area contributed by atoms with Crippen LogP contribution < -0.4 is 0 Å². The van der Waals surface area contributed by atoms with Gasteiger partial charge in [-0.25, -0.2) is 0 Å². The molecule has 0 saturated carbocycles. The van der Waals surface area contributed by atoms with E-state index in [9.17, 15) is 0 Å². The fraction of sp³-hybridized carbons (Fsp3) is 0. The van der Waals surface area contributed by atoms with Gasteiger partial charge in [0, 0.05) is 56.5 Å². The minimum absolute atomic E-state index is 0.914. The third-order valence-electron chi connectivity index (χ3n) is 25.3. The third-order valence-corrected chi connectivity index (χ3v) is 27.5. The first-order valence-corrected chi connectivity index (χ1v) is 43.9. The Hall–Kier alpha value is -15.4. The van der Waals surface area contributed by atoms with Crippen LogP contribution in [0.5, 0.6) is 0 Å². The number of rotatable bonds is 8. The average Bonchev–Trinajstić information content (AvgIpc) is 0.955. The van der Waals surface area contributed by atoms with Crippen LogP contribution >= 0.6 is 22.7 Å². The predicted molar refractivity (Wildman–Crippen MR) is 533 cm³/mol. The van der Waals surface area contributed by atoms with E-state index in [0.717, 1.165) is 32.9 Å². The molecule has 0 bridgehead atoms. The van der Waals surface area contributed by atoms with E-state index in [2.05, 4.69) is 449 Å². The molecule has 3 heteroatoms. The van der Waals surface area contributed by atoms with Gasteiger partial charge in [-0.15, -0.1) is 22.7 Å². The summed E-state index contributed by atoms with van der Waals surface area (Å²) >= 11 is 3.77. The Labute approximate surface area is 718 Å². The van der Waals surface area contributed by atoms with Crippen molar-refractivity contribution in [2.24, 2.45) is 0 Å². The summed E-state index contributed by atoms with van der Waals surface area (Å²) in [5.74, 6) is 0. The lowest BCUT2D eigenvalue weighted by molar-refractivity contribution is 0.673. The Morgan fingerprint density at radius 1 is 0.130 bits per heavy atom. The van der Waals surface area contributed by atoms with Crippen LogP contribution in [-0.2, 0) is 0 Å². The van der Waals surface area contributed by atoms with E-state index in [4.69, 9.17) is 4.42 Å². The third kappa shape index (κ3) is 12.3. The normalized spacial score (nSPS) is 11.7. The van der Waals surface area contributed by atoms with Gasteiger partial charge < -0.3 is 4.42 Å². The summed E-state index contributed by atoms with van der Waals surface area (Å²) < 4.78 is 11.9. The Morgan fingerprint density at radius 3 is 0.780 bits per heavy atom. The summed E-state index contributed by atoms with van der Waals surface area (Å²) in [5, 5.41) is 30.6. The molecule has 23 aromatic carbocycles. The fourth-order valence-corrected chi connectivity index (χ4v) is 22.0. The topological polar surface area (TPSA) is 13.1 Å². The molecule has 0 aliphatic heterocycles. The zero-order chi connectivity index (χ0) is 81.0. The van der Waals surface area contributed by atoms with Crippen LogP contribution in [0.2, 0.25) is 0 Å². The van der Waals surface area contributed by atoms with E-state index in [-0.39, 0.29) is 0 Å². The highest BCUT2D eigenvalue weighted by Crippen LogP contribution is 2.51. The summed E-state index contributed by atoms with van der Waals surface area (Å²) in [6.07, 6.45) is 0. The van der Waals surface area contributed by atoms with Gasteiger partial charge in [-0.2, -0.15) is 0 Å². The minimum atomic E-state index is 0.914. The molecule has 0 N–H and O–H groups in total. The molecule has 3 heterocycles. The number of hydrogen-bond acceptors (Lipinski definition) is 3.